The number of rotatable bonds is 20. The Hall–Kier alpha value is -2.08. The minimum atomic E-state index is -0.913. The summed E-state index contributed by atoms with van der Waals surface area (Å²) in [5.74, 6) is 3.24. The van der Waals surface area contributed by atoms with Crippen molar-refractivity contribution >= 4 is 38.6 Å². The number of benzene rings is 2. The van der Waals surface area contributed by atoms with Crippen LogP contribution >= 0.6 is 27.0 Å². The molecule has 0 heterocycles. The van der Waals surface area contributed by atoms with E-state index in [9.17, 15) is 9.59 Å². The number of Topliss-reactive ketones (excluding diaryl/α,β-unsaturated/α-hetero) is 2. The van der Waals surface area contributed by atoms with Crippen LogP contribution in [0.3, 0.4) is 0 Å². The van der Waals surface area contributed by atoms with Gasteiger partial charge in [0.1, 0.15) is 36.3 Å². The number of carbonyl (C=O) groups is 2. The third kappa shape index (κ3) is 17.1. The zero-order chi connectivity index (χ0) is 39.8. The van der Waals surface area contributed by atoms with Gasteiger partial charge in [-0.2, -0.15) is 27.0 Å². The molecular weight excluding hydrogens is 769 g/mol. The van der Waals surface area contributed by atoms with Gasteiger partial charge in [-0.1, -0.05) is 51.6 Å². The standard InChI is InChI=1S/C36H58O6.C10H14O2.2CH4.2H2S/c1-9-27-14-20-32(21-15-27)40-22-23-41-34(3,4)36(7,33(38)31-18-16-30(17-19-31)26(2)37)35(5,6)42-25-29-12-10-28(11-13-29)24-39-8;1-9-3-5-10(6-4-9)12-8-7-11-2;;;;/h14-15,20-21,28-31H,9-13,16-19,22-25H2,1-8H3;3-6H,7-8H2,1-2H3;2*1H4;2*1H2. The average Bonchev–Trinajstić information content (AvgIpc) is 3.17. The first-order valence-corrected chi connectivity index (χ1v) is 20.4. The van der Waals surface area contributed by atoms with Crippen molar-refractivity contribution in [1.82, 2.24) is 0 Å². The summed E-state index contributed by atoms with van der Waals surface area (Å²) in [5, 5.41) is 0. The summed E-state index contributed by atoms with van der Waals surface area (Å²) in [6.07, 6.45) is 8.60. The Kier molecular flexibility index (Phi) is 28.5. The van der Waals surface area contributed by atoms with E-state index in [0.29, 0.717) is 44.9 Å². The third-order valence-corrected chi connectivity index (χ3v) is 12.3. The number of ketones is 2. The second-order valence-electron chi connectivity index (χ2n) is 16.7. The van der Waals surface area contributed by atoms with Crippen LogP contribution in [0.25, 0.3) is 0 Å². The van der Waals surface area contributed by atoms with Crippen molar-refractivity contribution in [3.63, 3.8) is 0 Å². The van der Waals surface area contributed by atoms with Crippen LogP contribution in [0.1, 0.15) is 126 Å². The molecule has 0 aliphatic heterocycles. The minimum absolute atomic E-state index is 0. The lowest BCUT2D eigenvalue weighted by Gasteiger charge is -2.53. The molecule has 2 aliphatic rings. The van der Waals surface area contributed by atoms with Gasteiger partial charge in [0, 0.05) is 32.7 Å². The molecule has 58 heavy (non-hydrogen) atoms. The van der Waals surface area contributed by atoms with E-state index in [4.69, 9.17) is 28.4 Å². The van der Waals surface area contributed by atoms with Gasteiger partial charge in [0.15, 0.2) is 0 Å². The van der Waals surface area contributed by atoms with Crippen molar-refractivity contribution in [3.8, 4) is 11.5 Å². The molecule has 0 aromatic heterocycles. The fraction of sp³-hybridized carbons (Fsp3) is 0.708. The molecule has 0 radical (unpaired) electrons. The van der Waals surface area contributed by atoms with Gasteiger partial charge in [0.2, 0.25) is 0 Å². The van der Waals surface area contributed by atoms with E-state index in [1.165, 1.54) is 11.1 Å². The van der Waals surface area contributed by atoms with E-state index in [1.54, 1.807) is 21.1 Å². The van der Waals surface area contributed by atoms with E-state index in [-0.39, 0.29) is 65.2 Å². The average molecular weight is 853 g/mol. The van der Waals surface area contributed by atoms with Crippen molar-refractivity contribution in [2.45, 2.75) is 139 Å². The van der Waals surface area contributed by atoms with Crippen LogP contribution in [0.4, 0.5) is 0 Å². The zero-order valence-corrected chi connectivity index (χ0v) is 38.3. The summed E-state index contributed by atoms with van der Waals surface area (Å²) in [6.45, 7) is 19.6. The SMILES string of the molecule is C.C.CCc1ccc(OCCOC(C)(C)C(C)(C(=O)C2CCC(C(C)=O)CC2)C(C)(C)OCC2CCC(COC)CC2)cc1.COCCOc1ccc(C)cc1.S.S. The maximum absolute atomic E-state index is 14.6. The van der Waals surface area contributed by atoms with Crippen molar-refractivity contribution < 1.29 is 38.0 Å². The molecule has 0 amide bonds. The smallest absolute Gasteiger partial charge is 0.147 e. The maximum Gasteiger partial charge on any atom is 0.147 e. The summed E-state index contributed by atoms with van der Waals surface area (Å²) in [7, 11) is 3.44. The summed E-state index contributed by atoms with van der Waals surface area (Å²) in [4.78, 5) is 26.6. The van der Waals surface area contributed by atoms with Gasteiger partial charge in [-0.15, -0.1) is 0 Å². The van der Waals surface area contributed by atoms with E-state index in [0.717, 1.165) is 75.9 Å². The molecule has 2 saturated carbocycles. The number of hydrogen-bond acceptors (Lipinski definition) is 8. The molecule has 2 aliphatic carbocycles. The highest BCUT2D eigenvalue weighted by atomic mass is 32.1. The zero-order valence-electron chi connectivity index (χ0n) is 36.3. The second-order valence-corrected chi connectivity index (χ2v) is 16.7. The fourth-order valence-corrected chi connectivity index (χ4v) is 8.06. The Morgan fingerprint density at radius 2 is 1.05 bits per heavy atom. The summed E-state index contributed by atoms with van der Waals surface area (Å²) in [5.41, 5.74) is 0.0385. The quantitative estimate of drug-likeness (QED) is 0.122. The molecule has 0 N–H and O–H groups in total. The Labute approximate surface area is 368 Å². The number of ether oxygens (including phenoxy) is 6. The molecule has 1 unspecified atom stereocenters. The van der Waals surface area contributed by atoms with Crippen molar-refractivity contribution in [2.24, 2.45) is 29.1 Å². The first kappa shape index (κ1) is 58.0. The van der Waals surface area contributed by atoms with E-state index < -0.39 is 16.6 Å². The number of aryl methyl sites for hydroxylation is 2. The summed E-state index contributed by atoms with van der Waals surface area (Å²) < 4.78 is 34.9. The van der Waals surface area contributed by atoms with Gasteiger partial charge in [-0.05, 0) is 148 Å². The van der Waals surface area contributed by atoms with E-state index in [1.807, 2.05) is 57.2 Å². The van der Waals surface area contributed by atoms with Gasteiger partial charge in [-0.25, -0.2) is 0 Å². The molecule has 0 spiro atoms. The minimum Gasteiger partial charge on any atom is -0.491 e. The van der Waals surface area contributed by atoms with Crippen LogP contribution in [0.15, 0.2) is 48.5 Å². The second kappa shape index (κ2) is 28.4. The van der Waals surface area contributed by atoms with Crippen LogP contribution in [-0.2, 0) is 35.0 Å². The lowest BCUT2D eigenvalue weighted by molar-refractivity contribution is -0.213. The highest BCUT2D eigenvalue weighted by Gasteiger charge is 2.59. The van der Waals surface area contributed by atoms with Gasteiger partial charge in [0.25, 0.3) is 0 Å². The molecule has 0 bridgehead atoms. The van der Waals surface area contributed by atoms with E-state index in [2.05, 4.69) is 39.8 Å². The van der Waals surface area contributed by atoms with Gasteiger partial charge >= 0.3 is 0 Å². The molecule has 10 heteroatoms. The fourth-order valence-electron chi connectivity index (χ4n) is 8.06. The van der Waals surface area contributed by atoms with Gasteiger partial charge in [-0.3, -0.25) is 9.59 Å². The number of methoxy groups -OCH3 is 2. The lowest BCUT2D eigenvalue weighted by Crippen LogP contribution is -2.63. The van der Waals surface area contributed by atoms with Crippen LogP contribution in [0.2, 0.25) is 0 Å². The molecule has 2 aromatic rings. The normalized spacial score (nSPS) is 20.2. The van der Waals surface area contributed by atoms with Crippen molar-refractivity contribution in [3.05, 3.63) is 59.7 Å². The van der Waals surface area contributed by atoms with Crippen molar-refractivity contribution in [2.75, 3.05) is 53.9 Å². The largest absolute Gasteiger partial charge is 0.491 e. The topological polar surface area (TPSA) is 89.5 Å². The molecule has 2 fully saturated rings. The molecule has 2 aromatic carbocycles. The van der Waals surface area contributed by atoms with Crippen molar-refractivity contribution in [1.29, 1.82) is 0 Å². The summed E-state index contributed by atoms with van der Waals surface area (Å²) >= 11 is 0. The predicted molar refractivity (Wildman–Crippen MR) is 251 cm³/mol. The highest BCUT2D eigenvalue weighted by molar-refractivity contribution is 7.59. The number of carbonyl (C=O) groups excluding carboxylic acids is 2. The van der Waals surface area contributed by atoms with E-state index >= 15 is 0 Å². The lowest BCUT2D eigenvalue weighted by atomic mass is 9.58. The predicted octanol–water partition coefficient (Wildman–Crippen LogP) is 11.2. The van der Waals surface area contributed by atoms with Gasteiger partial charge in [0.05, 0.1) is 36.4 Å². The van der Waals surface area contributed by atoms with Gasteiger partial charge < -0.3 is 28.4 Å². The third-order valence-electron chi connectivity index (χ3n) is 12.3. The molecule has 1 atom stereocenters. The number of hydrogen-bond donors (Lipinski definition) is 0. The highest BCUT2D eigenvalue weighted by Crippen LogP contribution is 2.50. The first-order valence-electron chi connectivity index (χ1n) is 20.4. The Balaban J connectivity index is 0. The molecular formula is C48H84O8S2. The molecule has 0 saturated heterocycles. The first-order chi connectivity index (χ1) is 25.7. The summed E-state index contributed by atoms with van der Waals surface area (Å²) in [6, 6.07) is 16.1. The maximum atomic E-state index is 14.6. The van der Waals surface area contributed by atoms with Crippen LogP contribution < -0.4 is 9.47 Å². The molecule has 4 rings (SSSR count). The Morgan fingerprint density at radius 1 is 0.603 bits per heavy atom. The van der Waals surface area contributed by atoms with Crippen LogP contribution in [0, 0.1) is 36.0 Å². The van der Waals surface area contributed by atoms with Crippen LogP contribution in [-0.4, -0.2) is 76.6 Å². The monoisotopic (exact) mass is 853 g/mol. The van der Waals surface area contributed by atoms with Crippen LogP contribution in [0.5, 0.6) is 11.5 Å². The molecule has 8 nitrogen and oxygen atoms in total. The Morgan fingerprint density at radius 3 is 1.52 bits per heavy atom. The molecule has 336 valence electrons. The Bertz CT molecular complexity index is 1380.